The van der Waals surface area contributed by atoms with E-state index in [2.05, 4.69) is 10.3 Å². The lowest BCUT2D eigenvalue weighted by Crippen LogP contribution is -2.34. The largest absolute Gasteiger partial charge is 0.349 e. The number of carbonyl (C=O) groups excluding carboxylic acids is 1. The molecule has 3 rings (SSSR count). The van der Waals surface area contributed by atoms with Crippen LogP contribution >= 0.6 is 0 Å². The first-order valence-corrected chi connectivity index (χ1v) is 7.16. The quantitative estimate of drug-likeness (QED) is 0.934. The van der Waals surface area contributed by atoms with Crippen molar-refractivity contribution in [2.45, 2.75) is 25.8 Å². The Bertz CT molecular complexity index is 650. The van der Waals surface area contributed by atoms with Crippen molar-refractivity contribution in [3.8, 4) is 11.3 Å². The van der Waals surface area contributed by atoms with Gasteiger partial charge in [0, 0.05) is 17.8 Å². The molecule has 0 spiro atoms. The summed E-state index contributed by atoms with van der Waals surface area (Å²) < 4.78 is 13.2. The van der Waals surface area contributed by atoms with E-state index < -0.39 is 0 Å². The second-order valence-corrected chi connectivity index (χ2v) is 5.54. The van der Waals surface area contributed by atoms with Crippen LogP contribution in [0.3, 0.4) is 0 Å². The third kappa shape index (κ3) is 3.27. The van der Waals surface area contributed by atoms with Gasteiger partial charge in [-0.25, -0.2) is 4.39 Å². The van der Waals surface area contributed by atoms with Crippen LogP contribution in [-0.4, -0.2) is 16.9 Å². The van der Waals surface area contributed by atoms with Gasteiger partial charge in [0.15, 0.2) is 0 Å². The molecular formula is C17H17FN2O. The highest BCUT2D eigenvalue weighted by Crippen LogP contribution is 2.32. The van der Waals surface area contributed by atoms with Crippen molar-refractivity contribution in [3.63, 3.8) is 0 Å². The molecule has 1 unspecified atom stereocenters. The summed E-state index contributed by atoms with van der Waals surface area (Å²) in [4.78, 5) is 16.3. The lowest BCUT2D eigenvalue weighted by molar-refractivity contribution is 0.0935. The summed E-state index contributed by atoms with van der Waals surface area (Å²) in [5.41, 5.74) is 1.89. The molecule has 1 fully saturated rings. The van der Waals surface area contributed by atoms with Crippen molar-refractivity contribution in [1.82, 2.24) is 10.3 Å². The minimum atomic E-state index is -0.297. The van der Waals surface area contributed by atoms with Crippen LogP contribution in [0.4, 0.5) is 4.39 Å². The third-order valence-corrected chi connectivity index (χ3v) is 3.83. The maximum atomic E-state index is 13.2. The maximum Gasteiger partial charge on any atom is 0.253 e. The molecule has 0 radical (unpaired) electrons. The zero-order valence-electron chi connectivity index (χ0n) is 11.8. The summed E-state index contributed by atoms with van der Waals surface area (Å²) in [6.45, 7) is 2.03. The first-order valence-electron chi connectivity index (χ1n) is 7.16. The smallest absolute Gasteiger partial charge is 0.253 e. The van der Waals surface area contributed by atoms with E-state index in [9.17, 15) is 9.18 Å². The summed E-state index contributed by atoms with van der Waals surface area (Å²) >= 11 is 0. The standard InChI is InChI=1S/C17H17FN2O/c1-11(12-5-6-12)20-17(21)14-7-8-16(19-10-14)13-3-2-4-15(18)9-13/h2-4,7-12H,5-6H2,1H3,(H,20,21). The zero-order valence-corrected chi connectivity index (χ0v) is 11.8. The summed E-state index contributed by atoms with van der Waals surface area (Å²) in [5.74, 6) is 0.218. The molecule has 1 saturated carbocycles. The molecule has 1 aromatic heterocycles. The Morgan fingerprint density at radius 3 is 2.76 bits per heavy atom. The van der Waals surface area contributed by atoms with Crippen molar-refractivity contribution >= 4 is 5.91 Å². The predicted molar refractivity (Wildman–Crippen MR) is 79.3 cm³/mol. The first-order chi connectivity index (χ1) is 10.1. The third-order valence-electron chi connectivity index (χ3n) is 3.83. The normalized spacial score (nSPS) is 15.5. The second kappa shape index (κ2) is 5.64. The van der Waals surface area contributed by atoms with Crippen LogP contribution in [-0.2, 0) is 0 Å². The number of halogens is 1. The number of hydrogen-bond acceptors (Lipinski definition) is 2. The molecule has 0 aliphatic heterocycles. The Balaban J connectivity index is 1.72. The van der Waals surface area contributed by atoms with Gasteiger partial charge < -0.3 is 5.32 Å². The van der Waals surface area contributed by atoms with Crippen molar-refractivity contribution < 1.29 is 9.18 Å². The molecule has 4 heteroatoms. The Labute approximate surface area is 123 Å². The summed E-state index contributed by atoms with van der Waals surface area (Å²) in [6, 6.07) is 9.93. The van der Waals surface area contributed by atoms with Crippen molar-refractivity contribution in [1.29, 1.82) is 0 Å². The van der Waals surface area contributed by atoms with Gasteiger partial charge in [0.05, 0.1) is 11.3 Å². The van der Waals surface area contributed by atoms with E-state index in [0.29, 0.717) is 22.7 Å². The molecule has 21 heavy (non-hydrogen) atoms. The van der Waals surface area contributed by atoms with E-state index in [4.69, 9.17) is 0 Å². The van der Waals surface area contributed by atoms with Gasteiger partial charge >= 0.3 is 0 Å². The summed E-state index contributed by atoms with van der Waals surface area (Å²) in [6.07, 6.45) is 3.92. The number of pyridine rings is 1. The van der Waals surface area contributed by atoms with E-state index >= 15 is 0 Å². The van der Waals surface area contributed by atoms with Crippen LogP contribution in [0.1, 0.15) is 30.1 Å². The van der Waals surface area contributed by atoms with Gasteiger partial charge in [0.1, 0.15) is 5.82 Å². The lowest BCUT2D eigenvalue weighted by atomic mass is 10.1. The van der Waals surface area contributed by atoms with Gasteiger partial charge in [-0.05, 0) is 49.9 Å². The lowest BCUT2D eigenvalue weighted by Gasteiger charge is -2.12. The van der Waals surface area contributed by atoms with E-state index in [0.717, 1.165) is 0 Å². The Morgan fingerprint density at radius 1 is 1.33 bits per heavy atom. The number of nitrogens with zero attached hydrogens (tertiary/aromatic N) is 1. The fraction of sp³-hybridized carbons (Fsp3) is 0.294. The summed E-state index contributed by atoms with van der Waals surface area (Å²) in [7, 11) is 0. The highest BCUT2D eigenvalue weighted by Gasteiger charge is 2.29. The van der Waals surface area contributed by atoms with Crippen molar-refractivity contribution in [3.05, 3.63) is 54.0 Å². The van der Waals surface area contributed by atoms with Gasteiger partial charge in [0.2, 0.25) is 0 Å². The van der Waals surface area contributed by atoms with Crippen molar-refractivity contribution in [2.75, 3.05) is 0 Å². The fourth-order valence-corrected chi connectivity index (χ4v) is 2.35. The molecule has 1 heterocycles. The molecular weight excluding hydrogens is 267 g/mol. The fourth-order valence-electron chi connectivity index (χ4n) is 2.35. The maximum absolute atomic E-state index is 13.2. The van der Waals surface area contributed by atoms with Crippen LogP contribution in [0.25, 0.3) is 11.3 Å². The van der Waals surface area contributed by atoms with Crippen LogP contribution < -0.4 is 5.32 Å². The van der Waals surface area contributed by atoms with Gasteiger partial charge in [0.25, 0.3) is 5.91 Å². The zero-order chi connectivity index (χ0) is 14.8. The Morgan fingerprint density at radius 2 is 2.14 bits per heavy atom. The van der Waals surface area contributed by atoms with Gasteiger partial charge in [-0.3, -0.25) is 9.78 Å². The van der Waals surface area contributed by atoms with E-state index in [1.807, 2.05) is 6.92 Å². The number of amides is 1. The highest BCUT2D eigenvalue weighted by molar-refractivity contribution is 5.94. The summed E-state index contributed by atoms with van der Waals surface area (Å²) in [5, 5.41) is 2.99. The molecule has 1 atom stereocenters. The number of rotatable bonds is 4. The predicted octanol–water partition coefficient (Wildman–Crippen LogP) is 3.42. The van der Waals surface area contributed by atoms with E-state index in [-0.39, 0.29) is 17.8 Å². The molecule has 1 aliphatic carbocycles. The number of benzene rings is 1. The van der Waals surface area contributed by atoms with Crippen LogP contribution in [0, 0.1) is 11.7 Å². The van der Waals surface area contributed by atoms with Gasteiger partial charge in [-0.15, -0.1) is 0 Å². The number of hydrogen-bond donors (Lipinski definition) is 1. The molecule has 1 aliphatic rings. The highest BCUT2D eigenvalue weighted by atomic mass is 19.1. The minimum Gasteiger partial charge on any atom is -0.349 e. The minimum absolute atomic E-state index is 0.104. The average molecular weight is 284 g/mol. The Hall–Kier alpha value is -2.23. The van der Waals surface area contributed by atoms with Gasteiger partial charge in [-0.2, -0.15) is 0 Å². The number of nitrogens with one attached hydrogen (secondary N) is 1. The van der Waals surface area contributed by atoms with Crippen molar-refractivity contribution in [2.24, 2.45) is 5.92 Å². The second-order valence-electron chi connectivity index (χ2n) is 5.54. The van der Waals surface area contributed by atoms with Crippen LogP contribution in [0.5, 0.6) is 0 Å². The van der Waals surface area contributed by atoms with Crippen LogP contribution in [0.2, 0.25) is 0 Å². The molecule has 3 nitrogen and oxygen atoms in total. The Kier molecular flexibility index (Phi) is 3.69. The van der Waals surface area contributed by atoms with E-state index in [1.165, 1.54) is 31.2 Å². The molecule has 0 saturated heterocycles. The monoisotopic (exact) mass is 284 g/mol. The SMILES string of the molecule is CC(NC(=O)c1ccc(-c2cccc(F)c2)nc1)C1CC1. The number of carbonyl (C=O) groups is 1. The van der Waals surface area contributed by atoms with Gasteiger partial charge in [-0.1, -0.05) is 12.1 Å². The van der Waals surface area contributed by atoms with E-state index in [1.54, 1.807) is 24.3 Å². The topological polar surface area (TPSA) is 42.0 Å². The molecule has 2 aromatic rings. The average Bonchev–Trinajstić information content (AvgIpc) is 3.32. The number of aromatic nitrogens is 1. The molecule has 1 amide bonds. The molecule has 108 valence electrons. The molecule has 1 N–H and O–H groups in total. The molecule has 0 bridgehead atoms. The van der Waals surface area contributed by atoms with Crippen LogP contribution in [0.15, 0.2) is 42.6 Å². The molecule has 1 aromatic carbocycles. The first kappa shape index (κ1) is 13.7.